The van der Waals surface area contributed by atoms with Crippen LogP contribution in [0.4, 0.5) is 27.5 Å². The Morgan fingerprint density at radius 1 is 1.20 bits per heavy atom. The van der Waals surface area contributed by atoms with E-state index in [0.29, 0.717) is 43.6 Å². The van der Waals surface area contributed by atoms with Crippen LogP contribution in [0.5, 0.6) is 5.88 Å². The minimum atomic E-state index is -0.710. The minimum Gasteiger partial charge on any atom is -0.471 e. The van der Waals surface area contributed by atoms with Gasteiger partial charge in [-0.2, -0.15) is 9.37 Å². The highest BCUT2D eigenvalue weighted by Gasteiger charge is 2.43. The van der Waals surface area contributed by atoms with Gasteiger partial charge in [-0.15, -0.1) is 0 Å². The van der Waals surface area contributed by atoms with E-state index in [9.17, 15) is 0 Å². The molecule has 2 saturated heterocycles. The number of benzene rings is 1. The molecule has 4 heterocycles. The summed E-state index contributed by atoms with van der Waals surface area (Å²) in [5.74, 6) is -0.223. The van der Waals surface area contributed by atoms with E-state index < -0.39 is 5.82 Å². The van der Waals surface area contributed by atoms with Gasteiger partial charge in [-0.25, -0.2) is 19.8 Å². The molecule has 0 radical (unpaired) electrons. The fourth-order valence-corrected chi connectivity index (χ4v) is 4.63. The van der Waals surface area contributed by atoms with E-state index in [1.54, 1.807) is 12.1 Å². The Kier molecular flexibility index (Phi) is 6.61. The van der Waals surface area contributed by atoms with Crippen molar-refractivity contribution in [3.05, 3.63) is 64.7 Å². The number of hydrogen-bond acceptors (Lipinski definition) is 8. The molecule has 35 heavy (non-hydrogen) atoms. The Labute approximate surface area is 207 Å². The van der Waals surface area contributed by atoms with Crippen molar-refractivity contribution in [2.45, 2.75) is 19.4 Å². The van der Waals surface area contributed by atoms with Gasteiger partial charge < -0.3 is 19.7 Å². The van der Waals surface area contributed by atoms with Crippen molar-refractivity contribution in [1.82, 2.24) is 19.9 Å². The highest BCUT2D eigenvalue weighted by Crippen LogP contribution is 2.35. The van der Waals surface area contributed by atoms with Crippen LogP contribution in [0.25, 0.3) is 4.85 Å². The van der Waals surface area contributed by atoms with Gasteiger partial charge in [0.25, 0.3) is 5.88 Å². The monoisotopic (exact) mass is 495 g/mol. The van der Waals surface area contributed by atoms with Crippen LogP contribution in [0.2, 0.25) is 5.02 Å². The van der Waals surface area contributed by atoms with E-state index in [0.717, 1.165) is 12.0 Å². The first-order chi connectivity index (χ1) is 17.1. The zero-order chi connectivity index (χ0) is 24.4. The number of aryl methyl sites for hydroxylation is 1. The standard InChI is InChI=1S/C24H23ClFN7O2/c1-3-14-7-28-24(29-8-14)33-9-15-11-34-12-16(10-33)21(15)35-23-20(26)22(30-13-31-23)32-19-5-4-17(27-2)6-18(19)25/h4-8,13,15-16,21H,3,9-12H2,1H3,(H,30,31,32). The SMILES string of the molecule is [C-]#[N+]c1ccc(Nc2ncnc(OC3C4COCC3CN(c3ncc(CC)cn3)C4)c2F)c(Cl)c1. The van der Waals surface area contributed by atoms with Gasteiger partial charge in [-0.3, -0.25) is 0 Å². The number of nitrogens with one attached hydrogen (secondary N) is 1. The predicted octanol–water partition coefficient (Wildman–Crippen LogP) is 4.45. The van der Waals surface area contributed by atoms with Crippen LogP contribution in [0.1, 0.15) is 12.5 Å². The molecule has 3 aromatic rings. The van der Waals surface area contributed by atoms with Gasteiger partial charge in [-0.05, 0) is 24.1 Å². The molecule has 2 aromatic heterocycles. The van der Waals surface area contributed by atoms with Crippen molar-refractivity contribution in [2.75, 3.05) is 36.5 Å². The molecule has 2 aliphatic rings. The van der Waals surface area contributed by atoms with Crippen molar-refractivity contribution in [2.24, 2.45) is 11.8 Å². The molecule has 2 aliphatic heterocycles. The third-order valence-corrected chi connectivity index (χ3v) is 6.54. The summed E-state index contributed by atoms with van der Waals surface area (Å²) in [6, 6.07) is 4.69. The lowest BCUT2D eigenvalue weighted by atomic mass is 9.84. The molecular weight excluding hydrogens is 473 g/mol. The van der Waals surface area contributed by atoms with Crippen LogP contribution < -0.4 is 15.0 Å². The fourth-order valence-electron chi connectivity index (χ4n) is 4.40. The minimum absolute atomic E-state index is 0.00154. The normalized spacial score (nSPS) is 21.3. The number of nitrogens with zero attached hydrogens (tertiary/aromatic N) is 6. The number of fused-ring (bicyclic) bond motifs is 2. The molecule has 180 valence electrons. The van der Waals surface area contributed by atoms with Crippen molar-refractivity contribution in [3.63, 3.8) is 0 Å². The quantitative estimate of drug-likeness (QED) is 0.502. The molecule has 2 fully saturated rings. The largest absolute Gasteiger partial charge is 0.471 e. The van der Waals surface area contributed by atoms with Crippen molar-refractivity contribution in [1.29, 1.82) is 0 Å². The number of ether oxygens (including phenoxy) is 2. The number of aromatic nitrogens is 4. The maximum atomic E-state index is 15.3. The van der Waals surface area contributed by atoms with Crippen molar-refractivity contribution in [3.8, 4) is 5.88 Å². The Bertz CT molecular complexity index is 1240. The second kappa shape index (κ2) is 9.98. The molecule has 2 atom stereocenters. The lowest BCUT2D eigenvalue weighted by molar-refractivity contribution is -0.0780. The fraction of sp³-hybridized carbons (Fsp3) is 0.375. The lowest BCUT2D eigenvalue weighted by Gasteiger charge is -2.46. The van der Waals surface area contributed by atoms with E-state index in [-0.39, 0.29) is 34.7 Å². The zero-order valence-electron chi connectivity index (χ0n) is 19.0. The molecule has 11 heteroatoms. The van der Waals surface area contributed by atoms with Gasteiger partial charge in [0.05, 0.1) is 30.5 Å². The summed E-state index contributed by atoms with van der Waals surface area (Å²) in [6.45, 7) is 11.4. The number of anilines is 3. The summed E-state index contributed by atoms with van der Waals surface area (Å²) in [5.41, 5.74) is 1.90. The third kappa shape index (κ3) is 4.83. The van der Waals surface area contributed by atoms with E-state index in [4.69, 9.17) is 27.6 Å². The summed E-state index contributed by atoms with van der Waals surface area (Å²) in [5, 5.41) is 3.15. The predicted molar refractivity (Wildman–Crippen MR) is 129 cm³/mol. The molecule has 0 amide bonds. The van der Waals surface area contributed by atoms with Crippen molar-refractivity contribution >= 4 is 34.7 Å². The molecule has 0 spiro atoms. The Morgan fingerprint density at radius 2 is 1.94 bits per heavy atom. The summed E-state index contributed by atoms with van der Waals surface area (Å²) < 4.78 is 27.2. The van der Waals surface area contributed by atoms with Crippen LogP contribution in [0, 0.1) is 24.2 Å². The Morgan fingerprint density at radius 3 is 2.60 bits per heavy atom. The van der Waals surface area contributed by atoms with Crippen LogP contribution >= 0.6 is 11.6 Å². The van der Waals surface area contributed by atoms with Crippen LogP contribution in [0.15, 0.2) is 36.9 Å². The van der Waals surface area contributed by atoms with Gasteiger partial charge in [0.15, 0.2) is 11.5 Å². The number of hydrogen-bond donors (Lipinski definition) is 1. The summed E-state index contributed by atoms with van der Waals surface area (Å²) in [4.78, 5) is 22.5. The summed E-state index contributed by atoms with van der Waals surface area (Å²) in [7, 11) is 0. The maximum absolute atomic E-state index is 15.3. The average Bonchev–Trinajstić information content (AvgIpc) is 2.87. The topological polar surface area (TPSA) is 89.7 Å². The molecule has 1 aromatic carbocycles. The number of rotatable bonds is 6. The van der Waals surface area contributed by atoms with E-state index >= 15 is 4.39 Å². The first kappa shape index (κ1) is 23.2. The van der Waals surface area contributed by atoms with Crippen LogP contribution in [-0.2, 0) is 11.2 Å². The summed E-state index contributed by atoms with van der Waals surface area (Å²) >= 11 is 6.22. The molecule has 5 rings (SSSR count). The summed E-state index contributed by atoms with van der Waals surface area (Å²) in [6.07, 6.45) is 5.56. The first-order valence-corrected chi connectivity index (χ1v) is 11.7. The smallest absolute Gasteiger partial charge is 0.256 e. The zero-order valence-corrected chi connectivity index (χ0v) is 19.7. The molecule has 2 bridgehead atoms. The van der Waals surface area contributed by atoms with E-state index in [1.807, 2.05) is 12.4 Å². The third-order valence-electron chi connectivity index (χ3n) is 6.23. The molecular formula is C24H23ClFN7O2. The van der Waals surface area contributed by atoms with Gasteiger partial charge >= 0.3 is 0 Å². The Balaban J connectivity index is 1.32. The van der Waals surface area contributed by atoms with Gasteiger partial charge in [0.1, 0.15) is 12.4 Å². The highest BCUT2D eigenvalue weighted by molar-refractivity contribution is 6.33. The molecule has 9 nitrogen and oxygen atoms in total. The Hall–Kier alpha value is -3.55. The van der Waals surface area contributed by atoms with E-state index in [2.05, 4.69) is 41.9 Å². The van der Waals surface area contributed by atoms with Crippen LogP contribution in [0.3, 0.4) is 0 Å². The second-order valence-electron chi connectivity index (χ2n) is 8.53. The maximum Gasteiger partial charge on any atom is 0.256 e. The number of piperidine rings is 1. The molecule has 2 unspecified atom stereocenters. The van der Waals surface area contributed by atoms with E-state index in [1.165, 1.54) is 12.4 Å². The molecule has 1 N–H and O–H groups in total. The first-order valence-electron chi connectivity index (χ1n) is 11.3. The lowest BCUT2D eigenvalue weighted by Crippen LogP contribution is -2.58. The molecule has 0 saturated carbocycles. The van der Waals surface area contributed by atoms with Gasteiger partial charge in [0.2, 0.25) is 11.8 Å². The average molecular weight is 496 g/mol. The van der Waals surface area contributed by atoms with Gasteiger partial charge in [-0.1, -0.05) is 24.6 Å². The number of halogens is 2. The van der Waals surface area contributed by atoms with Crippen molar-refractivity contribution < 1.29 is 13.9 Å². The van der Waals surface area contributed by atoms with Gasteiger partial charge in [0, 0.05) is 37.3 Å². The highest BCUT2D eigenvalue weighted by atomic mass is 35.5. The van der Waals surface area contributed by atoms with Crippen LogP contribution in [-0.4, -0.2) is 52.3 Å². The molecule has 0 aliphatic carbocycles. The second-order valence-corrected chi connectivity index (χ2v) is 8.94.